The quantitative estimate of drug-likeness (QED) is 0.818. The Balaban J connectivity index is 1.75. The molecule has 1 aromatic carbocycles. The highest BCUT2D eigenvalue weighted by Crippen LogP contribution is 2.27. The van der Waals surface area contributed by atoms with E-state index in [4.69, 9.17) is 0 Å². The molecule has 0 bridgehead atoms. The van der Waals surface area contributed by atoms with E-state index < -0.39 is 5.82 Å². The minimum absolute atomic E-state index is 0.0206. The fraction of sp³-hybridized carbons (Fsp3) is 0.478. The molecule has 1 atom stereocenters. The van der Waals surface area contributed by atoms with Crippen LogP contribution < -0.4 is 5.32 Å². The summed E-state index contributed by atoms with van der Waals surface area (Å²) in [5, 5.41) is 2.90. The van der Waals surface area contributed by atoms with Gasteiger partial charge in [0, 0.05) is 47.6 Å². The molecule has 2 heterocycles. The minimum Gasteiger partial charge on any atom is -0.354 e. The summed E-state index contributed by atoms with van der Waals surface area (Å²) in [4.78, 5) is 36.1. The van der Waals surface area contributed by atoms with Crippen LogP contribution >= 0.6 is 0 Å². The molecule has 3 rings (SSSR count). The van der Waals surface area contributed by atoms with Gasteiger partial charge in [-0.2, -0.15) is 0 Å². The Bertz CT molecular complexity index is 922. The number of halogens is 1. The number of hydrogen-bond acceptors (Lipinski definition) is 4. The van der Waals surface area contributed by atoms with Gasteiger partial charge in [0.15, 0.2) is 0 Å². The zero-order chi connectivity index (χ0) is 21.8. The number of nitrogens with zero attached hydrogens (tertiary/aromatic N) is 3. The van der Waals surface area contributed by atoms with E-state index >= 15 is 0 Å². The zero-order valence-corrected chi connectivity index (χ0v) is 18.0. The summed E-state index contributed by atoms with van der Waals surface area (Å²) in [6, 6.07) is 5.87. The van der Waals surface area contributed by atoms with E-state index in [-0.39, 0.29) is 30.2 Å². The van der Waals surface area contributed by atoms with Gasteiger partial charge in [-0.25, -0.2) is 14.4 Å². The van der Waals surface area contributed by atoms with Gasteiger partial charge in [0.1, 0.15) is 11.6 Å². The third-order valence-electron chi connectivity index (χ3n) is 5.37. The molecule has 1 aliphatic heterocycles. The lowest BCUT2D eigenvalue weighted by Gasteiger charge is -2.32. The Morgan fingerprint density at radius 1 is 1.23 bits per heavy atom. The molecular formula is C23H29FN4O2. The SMILES string of the molecule is Cc1nc([C@@H]2CCCN(C(=O)c3cccc(F)c3)C2)nc(C)c1CC(=O)NC(C)C. The summed E-state index contributed by atoms with van der Waals surface area (Å²) in [5.74, 6) is 0.0924. The highest BCUT2D eigenvalue weighted by atomic mass is 19.1. The van der Waals surface area contributed by atoms with Gasteiger partial charge in [0.2, 0.25) is 5.91 Å². The standard InChI is InChI=1S/C23H29FN4O2/c1-14(2)25-21(29)12-20-15(3)26-22(27-16(20)4)18-8-6-10-28(13-18)23(30)17-7-5-9-19(24)11-17/h5,7,9,11,14,18H,6,8,10,12-13H2,1-4H3,(H,25,29)/t18-/m1/s1. The number of nitrogens with one attached hydrogen (secondary N) is 1. The van der Waals surface area contributed by atoms with Crippen molar-refractivity contribution >= 4 is 11.8 Å². The second-order valence-corrected chi connectivity index (χ2v) is 8.23. The molecule has 1 N–H and O–H groups in total. The molecule has 1 aromatic heterocycles. The number of aryl methyl sites for hydroxylation is 2. The van der Waals surface area contributed by atoms with Crippen LogP contribution in [0.3, 0.4) is 0 Å². The topological polar surface area (TPSA) is 75.2 Å². The Hall–Kier alpha value is -2.83. The van der Waals surface area contributed by atoms with Gasteiger partial charge in [-0.3, -0.25) is 9.59 Å². The van der Waals surface area contributed by atoms with Gasteiger partial charge in [0.25, 0.3) is 5.91 Å². The molecule has 160 valence electrons. The molecule has 0 radical (unpaired) electrons. The van der Waals surface area contributed by atoms with Crippen molar-refractivity contribution in [3.8, 4) is 0 Å². The first kappa shape index (κ1) is 21.9. The van der Waals surface area contributed by atoms with Crippen LogP contribution in [0.25, 0.3) is 0 Å². The van der Waals surface area contributed by atoms with Gasteiger partial charge >= 0.3 is 0 Å². The Labute approximate surface area is 176 Å². The Kier molecular flexibility index (Phi) is 6.80. The van der Waals surface area contributed by atoms with Crippen molar-refractivity contribution in [3.63, 3.8) is 0 Å². The maximum Gasteiger partial charge on any atom is 0.253 e. The van der Waals surface area contributed by atoms with Crippen LogP contribution in [0, 0.1) is 19.7 Å². The van der Waals surface area contributed by atoms with Gasteiger partial charge in [0.05, 0.1) is 6.42 Å². The lowest BCUT2D eigenvalue weighted by atomic mass is 9.95. The van der Waals surface area contributed by atoms with Crippen molar-refractivity contribution in [1.29, 1.82) is 0 Å². The van der Waals surface area contributed by atoms with Crippen molar-refractivity contribution in [1.82, 2.24) is 20.2 Å². The second kappa shape index (κ2) is 9.32. The van der Waals surface area contributed by atoms with Gasteiger partial charge in [-0.15, -0.1) is 0 Å². The molecule has 30 heavy (non-hydrogen) atoms. The van der Waals surface area contributed by atoms with E-state index in [9.17, 15) is 14.0 Å². The van der Waals surface area contributed by atoms with E-state index in [2.05, 4.69) is 15.3 Å². The van der Waals surface area contributed by atoms with Crippen LogP contribution in [0.2, 0.25) is 0 Å². The molecule has 1 aliphatic rings. The van der Waals surface area contributed by atoms with E-state index in [1.54, 1.807) is 17.0 Å². The number of piperidine rings is 1. The average Bonchev–Trinajstić information content (AvgIpc) is 2.69. The van der Waals surface area contributed by atoms with Crippen LogP contribution in [0.15, 0.2) is 24.3 Å². The van der Waals surface area contributed by atoms with Gasteiger partial charge < -0.3 is 10.2 Å². The molecule has 2 aromatic rings. The Morgan fingerprint density at radius 3 is 2.57 bits per heavy atom. The number of aromatic nitrogens is 2. The summed E-state index contributed by atoms with van der Waals surface area (Å²) < 4.78 is 13.5. The fourth-order valence-electron chi connectivity index (χ4n) is 3.91. The predicted octanol–water partition coefficient (Wildman–Crippen LogP) is 3.32. The predicted molar refractivity (Wildman–Crippen MR) is 113 cm³/mol. The van der Waals surface area contributed by atoms with Crippen LogP contribution in [-0.2, 0) is 11.2 Å². The minimum atomic E-state index is -0.416. The number of benzene rings is 1. The lowest BCUT2D eigenvalue weighted by molar-refractivity contribution is -0.120. The molecular weight excluding hydrogens is 383 g/mol. The molecule has 0 aliphatic carbocycles. The van der Waals surface area contributed by atoms with E-state index in [0.29, 0.717) is 24.5 Å². The van der Waals surface area contributed by atoms with E-state index in [0.717, 1.165) is 29.8 Å². The lowest BCUT2D eigenvalue weighted by Crippen LogP contribution is -2.39. The van der Waals surface area contributed by atoms with Crippen molar-refractivity contribution in [2.24, 2.45) is 0 Å². The number of carbonyl (C=O) groups is 2. The van der Waals surface area contributed by atoms with E-state index in [1.807, 2.05) is 27.7 Å². The highest BCUT2D eigenvalue weighted by Gasteiger charge is 2.28. The summed E-state index contributed by atoms with van der Waals surface area (Å²) >= 11 is 0. The number of hydrogen-bond donors (Lipinski definition) is 1. The third kappa shape index (κ3) is 5.20. The smallest absolute Gasteiger partial charge is 0.253 e. The van der Waals surface area contributed by atoms with Crippen molar-refractivity contribution in [2.45, 2.75) is 58.9 Å². The largest absolute Gasteiger partial charge is 0.354 e. The molecule has 7 heteroatoms. The van der Waals surface area contributed by atoms with Gasteiger partial charge in [-0.05, 0) is 58.7 Å². The fourth-order valence-corrected chi connectivity index (χ4v) is 3.91. The summed E-state index contributed by atoms with van der Waals surface area (Å²) in [7, 11) is 0. The highest BCUT2D eigenvalue weighted by molar-refractivity contribution is 5.94. The summed E-state index contributed by atoms with van der Waals surface area (Å²) in [5.41, 5.74) is 2.80. The summed E-state index contributed by atoms with van der Waals surface area (Å²) in [6.45, 7) is 8.79. The maximum atomic E-state index is 13.5. The first-order chi connectivity index (χ1) is 14.2. The average molecular weight is 413 g/mol. The molecule has 1 saturated heterocycles. The third-order valence-corrected chi connectivity index (χ3v) is 5.37. The van der Waals surface area contributed by atoms with Crippen molar-refractivity contribution < 1.29 is 14.0 Å². The number of likely N-dealkylation sites (tertiary alicyclic amines) is 1. The first-order valence-corrected chi connectivity index (χ1v) is 10.4. The maximum absolute atomic E-state index is 13.5. The van der Waals surface area contributed by atoms with Crippen LogP contribution in [0.1, 0.15) is 65.7 Å². The molecule has 0 saturated carbocycles. The monoisotopic (exact) mass is 412 g/mol. The van der Waals surface area contributed by atoms with Crippen molar-refractivity contribution in [3.05, 3.63) is 58.4 Å². The molecule has 2 amide bonds. The first-order valence-electron chi connectivity index (χ1n) is 10.4. The Morgan fingerprint density at radius 2 is 1.93 bits per heavy atom. The van der Waals surface area contributed by atoms with Gasteiger partial charge in [-0.1, -0.05) is 6.07 Å². The van der Waals surface area contributed by atoms with Crippen molar-refractivity contribution in [2.75, 3.05) is 13.1 Å². The molecule has 0 unspecified atom stereocenters. The van der Waals surface area contributed by atoms with Crippen LogP contribution in [0.4, 0.5) is 4.39 Å². The molecule has 0 spiro atoms. The number of amides is 2. The van der Waals surface area contributed by atoms with Crippen LogP contribution in [-0.4, -0.2) is 45.8 Å². The molecule has 6 nitrogen and oxygen atoms in total. The normalized spacial score (nSPS) is 16.6. The second-order valence-electron chi connectivity index (χ2n) is 8.23. The molecule has 1 fully saturated rings. The number of carbonyl (C=O) groups excluding carboxylic acids is 2. The van der Waals surface area contributed by atoms with Crippen LogP contribution in [0.5, 0.6) is 0 Å². The zero-order valence-electron chi connectivity index (χ0n) is 18.0. The summed E-state index contributed by atoms with van der Waals surface area (Å²) in [6.07, 6.45) is 1.98. The number of rotatable bonds is 5. The van der Waals surface area contributed by atoms with E-state index in [1.165, 1.54) is 12.1 Å².